The molecule has 1 heterocycles. The summed E-state index contributed by atoms with van der Waals surface area (Å²) >= 11 is 1.42. The van der Waals surface area contributed by atoms with Crippen molar-refractivity contribution in [1.29, 1.82) is 0 Å². The highest BCUT2D eigenvalue weighted by Crippen LogP contribution is 2.15. The fourth-order valence-electron chi connectivity index (χ4n) is 1.63. The summed E-state index contributed by atoms with van der Waals surface area (Å²) in [4.78, 5) is 15.9. The monoisotopic (exact) mass is 302 g/mol. The maximum absolute atomic E-state index is 11.7. The third-order valence-electron chi connectivity index (χ3n) is 2.63. The Labute approximate surface area is 128 Å². The van der Waals surface area contributed by atoms with Crippen LogP contribution in [0.15, 0.2) is 35.7 Å². The number of ether oxygens (including phenoxy) is 1. The van der Waals surface area contributed by atoms with Crippen molar-refractivity contribution >= 4 is 28.5 Å². The molecule has 5 heteroatoms. The lowest BCUT2D eigenvalue weighted by molar-refractivity contribution is -0.111. The Morgan fingerprint density at radius 1 is 1.38 bits per heavy atom. The Morgan fingerprint density at radius 2 is 2.14 bits per heavy atom. The molecule has 2 aromatic rings. The molecule has 0 saturated heterocycles. The molecular formula is C16H18N2O2S. The molecule has 0 fully saturated rings. The van der Waals surface area contributed by atoms with Gasteiger partial charge in [-0.15, -0.1) is 11.3 Å². The predicted octanol–water partition coefficient (Wildman–Crippen LogP) is 3.89. The maximum atomic E-state index is 11.7. The second kappa shape index (κ2) is 7.59. The van der Waals surface area contributed by atoms with E-state index in [4.69, 9.17) is 4.74 Å². The van der Waals surface area contributed by atoms with Crippen LogP contribution in [-0.4, -0.2) is 17.5 Å². The Morgan fingerprint density at radius 3 is 2.76 bits per heavy atom. The molecule has 0 aliphatic heterocycles. The number of nitrogens with zero attached hydrogens (tertiary/aromatic N) is 1. The number of aromatic nitrogens is 1. The van der Waals surface area contributed by atoms with E-state index in [1.54, 1.807) is 6.08 Å². The lowest BCUT2D eigenvalue weighted by Crippen LogP contribution is -2.07. The van der Waals surface area contributed by atoms with Crippen LogP contribution in [0.3, 0.4) is 0 Å². The summed E-state index contributed by atoms with van der Waals surface area (Å²) in [6.07, 6.45) is 4.25. The van der Waals surface area contributed by atoms with Crippen molar-refractivity contribution in [1.82, 2.24) is 4.98 Å². The van der Waals surface area contributed by atoms with Gasteiger partial charge in [-0.1, -0.05) is 19.1 Å². The summed E-state index contributed by atoms with van der Waals surface area (Å²) in [6, 6.07) is 7.64. The SMILES string of the molecule is CCCOc1ccc(/C=C/C(=O)Nc2nc(C)cs2)cc1. The van der Waals surface area contributed by atoms with Gasteiger partial charge in [0.2, 0.25) is 5.91 Å². The van der Waals surface area contributed by atoms with E-state index in [0.29, 0.717) is 11.7 Å². The van der Waals surface area contributed by atoms with Crippen molar-refractivity contribution in [2.45, 2.75) is 20.3 Å². The molecule has 0 bridgehead atoms. The van der Waals surface area contributed by atoms with Crippen LogP contribution in [0.2, 0.25) is 0 Å². The number of hydrogen-bond acceptors (Lipinski definition) is 4. The first kappa shape index (κ1) is 15.3. The molecular weight excluding hydrogens is 284 g/mol. The molecule has 0 atom stereocenters. The van der Waals surface area contributed by atoms with Crippen LogP contribution in [-0.2, 0) is 4.79 Å². The number of benzene rings is 1. The third kappa shape index (κ3) is 5.04. The molecule has 0 saturated carbocycles. The molecule has 110 valence electrons. The minimum Gasteiger partial charge on any atom is -0.494 e. The van der Waals surface area contributed by atoms with Crippen molar-refractivity contribution in [2.24, 2.45) is 0 Å². The van der Waals surface area contributed by atoms with Gasteiger partial charge >= 0.3 is 0 Å². The first-order valence-electron chi connectivity index (χ1n) is 6.81. The van der Waals surface area contributed by atoms with Crippen molar-refractivity contribution in [2.75, 3.05) is 11.9 Å². The van der Waals surface area contributed by atoms with Crippen LogP contribution in [0.5, 0.6) is 5.75 Å². The van der Waals surface area contributed by atoms with Gasteiger partial charge in [-0.25, -0.2) is 4.98 Å². The second-order valence-corrected chi connectivity index (χ2v) is 5.39. The van der Waals surface area contributed by atoms with E-state index >= 15 is 0 Å². The van der Waals surface area contributed by atoms with Gasteiger partial charge in [0.1, 0.15) is 5.75 Å². The summed E-state index contributed by atoms with van der Waals surface area (Å²) in [7, 11) is 0. The summed E-state index contributed by atoms with van der Waals surface area (Å²) < 4.78 is 5.51. The molecule has 0 unspecified atom stereocenters. The Hall–Kier alpha value is -2.14. The van der Waals surface area contributed by atoms with Crippen LogP contribution >= 0.6 is 11.3 Å². The van der Waals surface area contributed by atoms with Gasteiger partial charge in [0, 0.05) is 11.5 Å². The van der Waals surface area contributed by atoms with Gasteiger partial charge in [0.15, 0.2) is 5.13 Å². The number of amides is 1. The largest absolute Gasteiger partial charge is 0.494 e. The fourth-order valence-corrected chi connectivity index (χ4v) is 2.32. The molecule has 21 heavy (non-hydrogen) atoms. The van der Waals surface area contributed by atoms with Gasteiger partial charge in [0.05, 0.1) is 12.3 Å². The number of nitrogens with one attached hydrogen (secondary N) is 1. The highest BCUT2D eigenvalue weighted by Gasteiger charge is 2.01. The smallest absolute Gasteiger partial charge is 0.250 e. The van der Waals surface area contributed by atoms with E-state index in [1.807, 2.05) is 36.6 Å². The first-order chi connectivity index (χ1) is 10.2. The van der Waals surface area contributed by atoms with Crippen molar-refractivity contribution in [3.8, 4) is 5.75 Å². The lowest BCUT2D eigenvalue weighted by Gasteiger charge is -2.03. The number of carbonyl (C=O) groups is 1. The number of hydrogen-bond donors (Lipinski definition) is 1. The van der Waals surface area contributed by atoms with Gasteiger partial charge in [-0.2, -0.15) is 0 Å². The molecule has 0 spiro atoms. The van der Waals surface area contributed by atoms with Gasteiger partial charge < -0.3 is 4.74 Å². The minimum absolute atomic E-state index is 0.185. The first-order valence-corrected chi connectivity index (χ1v) is 7.69. The average Bonchev–Trinajstić information content (AvgIpc) is 2.89. The Bertz CT molecular complexity index is 617. The standard InChI is InChI=1S/C16H18N2O2S/c1-3-10-20-14-7-4-13(5-8-14)6-9-15(19)18-16-17-12(2)11-21-16/h4-9,11H,3,10H2,1-2H3,(H,17,18,19)/b9-6+. The van der Waals surface area contributed by atoms with E-state index in [0.717, 1.165) is 23.4 Å². The van der Waals surface area contributed by atoms with Crippen molar-refractivity contribution in [3.05, 3.63) is 47.0 Å². The number of carbonyl (C=O) groups excluding carboxylic acids is 1. The summed E-state index contributed by atoms with van der Waals surface area (Å²) in [6.45, 7) is 4.68. The minimum atomic E-state index is -0.185. The predicted molar refractivity (Wildman–Crippen MR) is 86.7 cm³/mol. The zero-order chi connectivity index (χ0) is 15.1. The maximum Gasteiger partial charge on any atom is 0.250 e. The normalized spacial score (nSPS) is 10.8. The molecule has 2 rings (SSSR count). The average molecular weight is 302 g/mol. The summed E-state index contributed by atoms with van der Waals surface area (Å²) in [5.74, 6) is 0.660. The van der Waals surface area contributed by atoms with E-state index in [2.05, 4.69) is 17.2 Å². The highest BCUT2D eigenvalue weighted by molar-refractivity contribution is 7.13. The van der Waals surface area contributed by atoms with E-state index < -0.39 is 0 Å². The van der Waals surface area contributed by atoms with Gasteiger partial charge in [-0.05, 0) is 37.1 Å². The van der Waals surface area contributed by atoms with Crippen molar-refractivity contribution in [3.63, 3.8) is 0 Å². The van der Waals surface area contributed by atoms with Gasteiger partial charge in [0.25, 0.3) is 0 Å². The molecule has 1 amide bonds. The lowest BCUT2D eigenvalue weighted by atomic mass is 10.2. The third-order valence-corrected chi connectivity index (χ3v) is 3.50. The van der Waals surface area contributed by atoms with Crippen LogP contribution in [0.25, 0.3) is 6.08 Å². The molecule has 4 nitrogen and oxygen atoms in total. The quantitative estimate of drug-likeness (QED) is 0.824. The fraction of sp³-hybridized carbons (Fsp3) is 0.250. The van der Waals surface area contributed by atoms with E-state index in [-0.39, 0.29) is 5.91 Å². The number of anilines is 1. The van der Waals surface area contributed by atoms with Crippen LogP contribution in [0, 0.1) is 6.92 Å². The highest BCUT2D eigenvalue weighted by atomic mass is 32.1. The molecule has 0 aliphatic carbocycles. The van der Waals surface area contributed by atoms with Gasteiger partial charge in [-0.3, -0.25) is 10.1 Å². The molecule has 1 aromatic heterocycles. The topological polar surface area (TPSA) is 51.2 Å². The molecule has 1 aromatic carbocycles. The zero-order valence-corrected chi connectivity index (χ0v) is 12.9. The molecule has 1 N–H and O–H groups in total. The number of rotatable bonds is 6. The molecule has 0 aliphatic rings. The molecule has 0 radical (unpaired) electrons. The summed E-state index contributed by atoms with van der Waals surface area (Å²) in [5, 5.41) is 5.24. The zero-order valence-electron chi connectivity index (χ0n) is 12.1. The Kier molecular flexibility index (Phi) is 5.51. The van der Waals surface area contributed by atoms with E-state index in [9.17, 15) is 4.79 Å². The van der Waals surface area contributed by atoms with Crippen LogP contribution < -0.4 is 10.1 Å². The van der Waals surface area contributed by atoms with Crippen LogP contribution in [0.4, 0.5) is 5.13 Å². The van der Waals surface area contributed by atoms with E-state index in [1.165, 1.54) is 17.4 Å². The van der Waals surface area contributed by atoms with Crippen LogP contribution in [0.1, 0.15) is 24.6 Å². The second-order valence-electron chi connectivity index (χ2n) is 4.53. The number of thiazole rings is 1. The number of aryl methyl sites for hydroxylation is 1. The van der Waals surface area contributed by atoms with Crippen molar-refractivity contribution < 1.29 is 9.53 Å². The Balaban J connectivity index is 1.89. The summed E-state index contributed by atoms with van der Waals surface area (Å²) in [5.41, 5.74) is 1.85.